The Morgan fingerprint density at radius 2 is 1.61 bits per heavy atom. The summed E-state index contributed by atoms with van der Waals surface area (Å²) in [4.78, 5) is 48.0. The molecule has 10 atom stereocenters. The molecule has 0 amide bonds. The van der Waals surface area contributed by atoms with E-state index in [1.165, 1.54) is 40.2 Å². The summed E-state index contributed by atoms with van der Waals surface area (Å²) in [6.45, 7) is -1.55. The zero-order valence-electron chi connectivity index (χ0n) is 22.2. The molecule has 0 aromatic carbocycles. The van der Waals surface area contributed by atoms with Gasteiger partial charge < -0.3 is 49.3 Å². The van der Waals surface area contributed by atoms with Crippen molar-refractivity contribution in [2.45, 2.75) is 49.1 Å². The van der Waals surface area contributed by atoms with Crippen LogP contribution in [0.25, 0.3) is 22.1 Å². The van der Waals surface area contributed by atoms with E-state index in [1.54, 1.807) is 6.07 Å². The van der Waals surface area contributed by atoms with Gasteiger partial charge in [0.25, 0.3) is 5.56 Å². The summed E-state index contributed by atoms with van der Waals surface area (Å²) in [7, 11) is -10.1. The monoisotopic (exact) mass is 657 g/mol. The van der Waals surface area contributed by atoms with Crippen LogP contribution in [0.1, 0.15) is 12.5 Å². The minimum atomic E-state index is -5.05. The first-order chi connectivity index (χ1) is 20.9. The molecule has 44 heavy (non-hydrogen) atoms. The van der Waals surface area contributed by atoms with Gasteiger partial charge in [0.15, 0.2) is 18.0 Å². The predicted molar refractivity (Wildman–Crippen MR) is 143 cm³/mol. The molecule has 4 aromatic rings. The van der Waals surface area contributed by atoms with E-state index < -0.39 is 83.5 Å². The highest BCUT2D eigenvalue weighted by Gasteiger charge is 2.53. The molecule has 0 aliphatic carbocycles. The number of ether oxygens (including phenoxy) is 2. The lowest BCUT2D eigenvalue weighted by molar-refractivity contribution is -0.0670. The number of hydrogen-bond donors (Lipinski definition) is 6. The maximum atomic E-state index is 13.2. The van der Waals surface area contributed by atoms with Crippen molar-refractivity contribution in [1.29, 1.82) is 0 Å². The minimum absolute atomic E-state index is 0.0114. The zero-order chi connectivity index (χ0) is 31.0. The topological polar surface area (TPSA) is 278 Å². The second kappa shape index (κ2) is 10.8. The van der Waals surface area contributed by atoms with E-state index in [0.717, 1.165) is 0 Å². The van der Waals surface area contributed by atoms with Crippen LogP contribution in [-0.2, 0) is 36.7 Å². The van der Waals surface area contributed by atoms with Gasteiger partial charge in [-0.1, -0.05) is 0 Å². The van der Waals surface area contributed by atoms with Crippen LogP contribution in [0.2, 0.25) is 0 Å². The van der Waals surface area contributed by atoms with E-state index in [1.807, 2.05) is 0 Å². The van der Waals surface area contributed by atoms with Gasteiger partial charge in [-0.3, -0.25) is 22.9 Å². The second-order valence-electron chi connectivity index (χ2n) is 10.2. The van der Waals surface area contributed by atoms with Crippen molar-refractivity contribution in [3.8, 4) is 0 Å². The van der Waals surface area contributed by atoms with Gasteiger partial charge in [-0.05, 0) is 12.1 Å². The van der Waals surface area contributed by atoms with E-state index in [9.17, 15) is 33.9 Å². The molecule has 2 bridgehead atoms. The number of nitrogens with one attached hydrogen (secondary N) is 1. The summed E-state index contributed by atoms with van der Waals surface area (Å²) >= 11 is 0. The third-order valence-electron chi connectivity index (χ3n) is 7.53. The first kappa shape index (κ1) is 29.6. The molecule has 236 valence electrons. The van der Waals surface area contributed by atoms with Crippen molar-refractivity contribution >= 4 is 43.5 Å². The minimum Gasteiger partial charge on any atom is -0.387 e. The quantitative estimate of drug-likeness (QED) is 0.145. The molecular weight excluding hydrogens is 632 g/mol. The van der Waals surface area contributed by atoms with Gasteiger partial charge in [-0.25, -0.2) is 24.1 Å². The van der Waals surface area contributed by atoms with Gasteiger partial charge in [0.1, 0.15) is 54.4 Å². The molecule has 7 heterocycles. The number of aromatic amines is 1. The number of rotatable bonds is 2. The summed E-state index contributed by atoms with van der Waals surface area (Å²) < 4.78 is 61.6. The summed E-state index contributed by atoms with van der Waals surface area (Å²) in [5.41, 5.74) is 5.88. The summed E-state index contributed by atoms with van der Waals surface area (Å²) in [5.74, 6) is 0.155. The van der Waals surface area contributed by atoms with Crippen LogP contribution in [0.3, 0.4) is 0 Å². The Kier molecular flexibility index (Phi) is 7.24. The molecule has 22 heteroatoms. The Morgan fingerprint density at radius 1 is 0.909 bits per heavy atom. The number of aliphatic hydroxyl groups is 2. The predicted octanol–water partition coefficient (Wildman–Crippen LogP) is -0.714. The van der Waals surface area contributed by atoms with Crippen LogP contribution in [0.5, 0.6) is 0 Å². The molecule has 3 aliphatic rings. The van der Waals surface area contributed by atoms with E-state index in [0.29, 0.717) is 5.39 Å². The van der Waals surface area contributed by atoms with E-state index in [4.69, 9.17) is 33.3 Å². The van der Waals surface area contributed by atoms with Crippen molar-refractivity contribution < 1.29 is 56.7 Å². The number of hydrogen-bond acceptors (Lipinski definition) is 15. The molecule has 7 N–H and O–H groups in total. The van der Waals surface area contributed by atoms with Crippen LogP contribution in [0.4, 0.5) is 5.82 Å². The number of nitrogens with two attached hydrogens (primary N) is 1. The molecule has 4 aromatic heterocycles. The summed E-state index contributed by atoms with van der Waals surface area (Å²) in [6.07, 6.45) is -6.84. The Labute approximate surface area is 245 Å². The van der Waals surface area contributed by atoms with Crippen molar-refractivity contribution in [2.24, 2.45) is 0 Å². The first-order valence-electron chi connectivity index (χ1n) is 13.0. The van der Waals surface area contributed by atoms with Crippen molar-refractivity contribution in [3.63, 3.8) is 0 Å². The van der Waals surface area contributed by atoms with Gasteiger partial charge in [0.05, 0.1) is 30.4 Å². The van der Waals surface area contributed by atoms with Crippen LogP contribution < -0.4 is 11.3 Å². The highest BCUT2D eigenvalue weighted by molar-refractivity contribution is 7.47. The van der Waals surface area contributed by atoms with Gasteiger partial charge >= 0.3 is 15.6 Å². The third kappa shape index (κ3) is 5.08. The number of aliphatic hydroxyl groups excluding tert-OH is 2. The smallest absolute Gasteiger partial charge is 0.387 e. The van der Waals surface area contributed by atoms with Gasteiger partial charge in [0, 0.05) is 12.4 Å². The lowest BCUT2D eigenvalue weighted by atomic mass is 10.1. The number of phosphoric acid groups is 2. The number of H-pyrrole nitrogens is 1. The van der Waals surface area contributed by atoms with E-state index >= 15 is 0 Å². The second-order valence-corrected chi connectivity index (χ2v) is 13.0. The fourth-order valence-electron chi connectivity index (χ4n) is 5.48. The number of aromatic nitrogens is 6. The normalized spacial score (nSPS) is 38.3. The molecular formula is C22H25N7O13P2. The molecule has 0 saturated carbocycles. The number of anilines is 1. The van der Waals surface area contributed by atoms with Crippen LogP contribution >= 0.6 is 15.6 Å². The lowest BCUT2D eigenvalue weighted by Crippen LogP contribution is -2.36. The maximum Gasteiger partial charge on any atom is 0.472 e. The number of pyridine rings is 1. The molecule has 3 unspecified atom stereocenters. The summed E-state index contributed by atoms with van der Waals surface area (Å²) in [5, 5.41) is 22.6. The van der Waals surface area contributed by atoms with Crippen LogP contribution in [0.15, 0.2) is 42.0 Å². The van der Waals surface area contributed by atoms with E-state index in [2.05, 4.69) is 19.9 Å². The van der Waals surface area contributed by atoms with Crippen molar-refractivity contribution in [3.05, 3.63) is 47.5 Å². The number of nitrogen functional groups attached to an aromatic ring is 1. The molecule has 3 aliphatic heterocycles. The first-order valence-corrected chi connectivity index (χ1v) is 16.0. The number of fused-ring (bicyclic) bond motifs is 5. The molecule has 20 nitrogen and oxygen atoms in total. The van der Waals surface area contributed by atoms with Gasteiger partial charge in [-0.2, -0.15) is 0 Å². The standard InChI is InChI=1S/C22H25N7O13P2/c23-18-9-2-4-28(19(9)26-7-25-18)21-15(31)16-12(40-21)6-38-44(35,36)42-17-14(30)11(5-37-43(33,34)41-16)39-22(17)29-8-27-13-10(29)1-3-24-20(13)32/h1-4,7-8,11-12,14-17,21-22,30-31H,5-6H2,(H,24,32)(H,33,34)(H,35,36)(H2,23,25,26)/t11-,12?,14-,15-,16-,17-,21-,22-/m1/s1. The fraction of sp³-hybridized carbons (Fsp3) is 0.455. The largest absolute Gasteiger partial charge is 0.472 e. The Bertz CT molecular complexity index is 1880. The Morgan fingerprint density at radius 3 is 2.39 bits per heavy atom. The molecule has 3 saturated heterocycles. The van der Waals surface area contributed by atoms with E-state index in [-0.39, 0.29) is 22.5 Å². The molecule has 0 spiro atoms. The Hall–Kier alpha value is -3.10. The highest BCUT2D eigenvalue weighted by Crippen LogP contribution is 2.53. The van der Waals surface area contributed by atoms with Crippen molar-refractivity contribution in [2.75, 3.05) is 18.9 Å². The maximum absolute atomic E-state index is 13.2. The van der Waals surface area contributed by atoms with Gasteiger partial charge in [0.2, 0.25) is 0 Å². The third-order valence-corrected chi connectivity index (χ3v) is 9.50. The molecule has 3 fully saturated rings. The fourth-order valence-corrected chi connectivity index (χ4v) is 7.38. The average Bonchev–Trinajstić information content (AvgIpc) is 3.73. The summed E-state index contributed by atoms with van der Waals surface area (Å²) in [6, 6.07) is 3.05. The SMILES string of the molecule is Nc1ncnc2c1ccn2[C@@H]1OC2COP(=O)(O)O[C@@H]3[C@H](O)[C@@H](COP(=O)(O)O[C@H]2[C@H]1O)O[C@H]3n1cnc2c(=O)[nH]ccc21. The highest BCUT2D eigenvalue weighted by atomic mass is 31.2. The Balaban J connectivity index is 1.20. The number of nitrogens with zero attached hydrogens (tertiary/aromatic N) is 5. The van der Waals surface area contributed by atoms with Crippen LogP contribution in [0, 0.1) is 0 Å². The molecule has 7 rings (SSSR count). The van der Waals surface area contributed by atoms with Crippen molar-refractivity contribution in [1.82, 2.24) is 29.1 Å². The van der Waals surface area contributed by atoms with Gasteiger partial charge in [-0.15, -0.1) is 0 Å². The average molecular weight is 657 g/mol. The zero-order valence-corrected chi connectivity index (χ0v) is 24.0. The lowest BCUT2D eigenvalue weighted by Gasteiger charge is -2.26. The van der Waals surface area contributed by atoms with Crippen LogP contribution in [-0.4, -0.2) is 98.9 Å². The number of phosphoric ester groups is 2. The number of imidazole rings is 1. The molecule has 0 radical (unpaired) electrons.